The average Bonchev–Trinajstić information content (AvgIpc) is 2.77. The van der Waals surface area contributed by atoms with Gasteiger partial charge in [-0.1, -0.05) is 24.3 Å². The van der Waals surface area contributed by atoms with Crippen LogP contribution < -0.4 is 5.43 Å². The Morgan fingerprint density at radius 2 is 1.87 bits per heavy atom. The molecule has 1 aliphatic heterocycles. The zero-order valence-electron chi connectivity index (χ0n) is 16.7. The molecule has 3 rings (SSSR count). The van der Waals surface area contributed by atoms with Gasteiger partial charge in [-0.2, -0.15) is 9.41 Å². The molecule has 0 aliphatic carbocycles. The molecule has 1 heterocycles. The number of carbonyl (C=O) groups excluding carboxylic acids is 1. The summed E-state index contributed by atoms with van der Waals surface area (Å²) in [5.41, 5.74) is 4.40. The quantitative estimate of drug-likeness (QED) is 0.536. The van der Waals surface area contributed by atoms with Crippen LogP contribution in [0, 0.1) is 5.82 Å². The SMILES string of the molecule is C/C(=N\NC(=O)CCc1ccc(S(=O)(=O)N2CCOCC2)cc1)c1cccc(F)c1. The van der Waals surface area contributed by atoms with Gasteiger partial charge in [-0.15, -0.1) is 0 Å². The van der Waals surface area contributed by atoms with Crippen molar-refractivity contribution < 1.29 is 22.3 Å². The van der Waals surface area contributed by atoms with E-state index in [2.05, 4.69) is 10.5 Å². The van der Waals surface area contributed by atoms with Crippen molar-refractivity contribution in [3.8, 4) is 0 Å². The second-order valence-corrected chi connectivity index (χ2v) is 8.84. The number of aryl methyl sites for hydroxylation is 1. The summed E-state index contributed by atoms with van der Waals surface area (Å²) in [4.78, 5) is 12.3. The van der Waals surface area contributed by atoms with Crippen LogP contribution in [0.5, 0.6) is 0 Å². The summed E-state index contributed by atoms with van der Waals surface area (Å²) < 4.78 is 45.1. The Bertz CT molecular complexity index is 1020. The number of morpholine rings is 1. The number of benzene rings is 2. The zero-order valence-corrected chi connectivity index (χ0v) is 17.5. The molecule has 0 atom stereocenters. The Balaban J connectivity index is 1.53. The van der Waals surface area contributed by atoms with Gasteiger partial charge in [0.1, 0.15) is 5.82 Å². The number of nitrogens with one attached hydrogen (secondary N) is 1. The highest BCUT2D eigenvalue weighted by Crippen LogP contribution is 2.18. The Hall–Kier alpha value is -2.62. The van der Waals surface area contributed by atoms with Gasteiger partial charge >= 0.3 is 0 Å². The van der Waals surface area contributed by atoms with Crippen molar-refractivity contribution in [2.24, 2.45) is 5.10 Å². The second kappa shape index (κ2) is 9.92. The van der Waals surface area contributed by atoms with Crippen LogP contribution >= 0.6 is 0 Å². The van der Waals surface area contributed by atoms with Crippen LogP contribution in [-0.2, 0) is 26.0 Å². The van der Waals surface area contributed by atoms with Crippen molar-refractivity contribution in [2.45, 2.75) is 24.7 Å². The van der Waals surface area contributed by atoms with Gasteiger partial charge < -0.3 is 4.74 Å². The van der Waals surface area contributed by atoms with Gasteiger partial charge in [-0.25, -0.2) is 18.2 Å². The van der Waals surface area contributed by atoms with Crippen molar-refractivity contribution in [1.29, 1.82) is 0 Å². The molecular formula is C21H24FN3O4S. The van der Waals surface area contributed by atoms with Crippen LogP contribution in [0.2, 0.25) is 0 Å². The zero-order chi connectivity index (χ0) is 21.6. The highest BCUT2D eigenvalue weighted by atomic mass is 32.2. The lowest BCUT2D eigenvalue weighted by Gasteiger charge is -2.26. The Kier molecular flexibility index (Phi) is 7.30. The van der Waals surface area contributed by atoms with Crippen LogP contribution in [0.1, 0.15) is 24.5 Å². The average molecular weight is 434 g/mol. The predicted molar refractivity (Wildman–Crippen MR) is 111 cm³/mol. The first-order chi connectivity index (χ1) is 14.4. The summed E-state index contributed by atoms with van der Waals surface area (Å²) >= 11 is 0. The number of hydrogen-bond acceptors (Lipinski definition) is 5. The smallest absolute Gasteiger partial charge is 0.243 e. The molecule has 160 valence electrons. The molecule has 0 saturated carbocycles. The van der Waals surface area contributed by atoms with Gasteiger partial charge in [0, 0.05) is 25.1 Å². The summed E-state index contributed by atoms with van der Waals surface area (Å²) in [6.07, 6.45) is 0.633. The van der Waals surface area contributed by atoms with E-state index in [4.69, 9.17) is 4.74 Å². The number of sulfonamides is 1. The van der Waals surface area contributed by atoms with Crippen LogP contribution in [0.4, 0.5) is 4.39 Å². The number of rotatable bonds is 7. The third-order valence-corrected chi connectivity index (χ3v) is 6.68. The summed E-state index contributed by atoms with van der Waals surface area (Å²) in [5, 5.41) is 4.00. The van der Waals surface area contributed by atoms with Crippen molar-refractivity contribution in [1.82, 2.24) is 9.73 Å². The molecule has 1 saturated heterocycles. The van der Waals surface area contributed by atoms with Gasteiger partial charge in [0.15, 0.2) is 0 Å². The molecule has 30 heavy (non-hydrogen) atoms. The molecule has 7 nitrogen and oxygen atoms in total. The lowest BCUT2D eigenvalue weighted by atomic mass is 10.1. The molecule has 1 aliphatic rings. The Morgan fingerprint density at radius 3 is 2.53 bits per heavy atom. The fourth-order valence-corrected chi connectivity index (χ4v) is 4.41. The molecule has 0 bridgehead atoms. The van der Waals surface area contributed by atoms with E-state index >= 15 is 0 Å². The largest absolute Gasteiger partial charge is 0.379 e. The highest BCUT2D eigenvalue weighted by molar-refractivity contribution is 7.89. The molecule has 2 aromatic carbocycles. The molecule has 0 spiro atoms. The third-order valence-electron chi connectivity index (χ3n) is 4.76. The van der Waals surface area contributed by atoms with Gasteiger partial charge in [0.05, 0.1) is 23.8 Å². The van der Waals surface area contributed by atoms with Crippen LogP contribution in [0.3, 0.4) is 0 Å². The molecule has 1 fully saturated rings. The number of ether oxygens (including phenoxy) is 1. The maximum Gasteiger partial charge on any atom is 0.243 e. The van der Waals surface area contributed by atoms with E-state index in [9.17, 15) is 17.6 Å². The molecule has 0 radical (unpaired) electrons. The van der Waals surface area contributed by atoms with Gasteiger partial charge in [-0.3, -0.25) is 4.79 Å². The van der Waals surface area contributed by atoms with E-state index in [1.165, 1.54) is 16.4 Å². The second-order valence-electron chi connectivity index (χ2n) is 6.90. The summed E-state index contributed by atoms with van der Waals surface area (Å²) in [7, 11) is -3.53. The van der Waals surface area contributed by atoms with Gasteiger partial charge in [0.2, 0.25) is 15.9 Å². The fraction of sp³-hybridized carbons (Fsp3) is 0.333. The normalized spacial score (nSPS) is 15.7. The molecular weight excluding hydrogens is 409 g/mol. The van der Waals surface area contributed by atoms with E-state index < -0.39 is 10.0 Å². The Morgan fingerprint density at radius 1 is 1.17 bits per heavy atom. The third kappa shape index (κ3) is 5.71. The number of hydrogen-bond donors (Lipinski definition) is 1. The molecule has 0 unspecified atom stereocenters. The fourth-order valence-electron chi connectivity index (χ4n) is 3.00. The predicted octanol–water partition coefficient (Wildman–Crippen LogP) is 2.32. The minimum atomic E-state index is -3.53. The number of halogens is 1. The first-order valence-corrected chi connectivity index (χ1v) is 11.1. The van der Waals surface area contributed by atoms with Crippen LogP contribution in [-0.4, -0.2) is 50.6 Å². The first kappa shape index (κ1) is 22.1. The van der Waals surface area contributed by atoms with E-state index in [1.807, 2.05) is 0 Å². The molecule has 1 N–H and O–H groups in total. The van der Waals surface area contributed by atoms with E-state index in [0.29, 0.717) is 44.0 Å². The maximum atomic E-state index is 13.3. The van der Waals surface area contributed by atoms with Crippen molar-refractivity contribution in [2.75, 3.05) is 26.3 Å². The molecule has 9 heteroatoms. The molecule has 2 aromatic rings. The van der Waals surface area contributed by atoms with Crippen LogP contribution in [0.25, 0.3) is 0 Å². The topological polar surface area (TPSA) is 88.1 Å². The lowest BCUT2D eigenvalue weighted by Crippen LogP contribution is -2.40. The summed E-state index contributed by atoms with van der Waals surface area (Å²) in [6, 6.07) is 12.5. The van der Waals surface area contributed by atoms with Gasteiger partial charge in [-0.05, 0) is 43.2 Å². The minimum absolute atomic E-state index is 0.190. The van der Waals surface area contributed by atoms with E-state index in [-0.39, 0.29) is 23.0 Å². The summed E-state index contributed by atoms with van der Waals surface area (Å²) in [5.74, 6) is -0.650. The van der Waals surface area contributed by atoms with E-state index in [1.54, 1.807) is 43.3 Å². The lowest BCUT2D eigenvalue weighted by molar-refractivity contribution is -0.121. The minimum Gasteiger partial charge on any atom is -0.379 e. The number of nitrogens with zero attached hydrogens (tertiary/aromatic N) is 2. The standard InChI is InChI=1S/C21H24FN3O4S/c1-16(18-3-2-4-19(22)15-18)23-24-21(26)10-7-17-5-8-20(9-6-17)30(27,28)25-11-13-29-14-12-25/h2-6,8-9,15H,7,10-14H2,1H3,(H,24,26)/b23-16+. The van der Waals surface area contributed by atoms with E-state index in [0.717, 1.165) is 5.56 Å². The first-order valence-electron chi connectivity index (χ1n) is 9.62. The number of amides is 1. The van der Waals surface area contributed by atoms with Crippen LogP contribution in [0.15, 0.2) is 58.5 Å². The molecule has 1 amide bonds. The number of hydrazone groups is 1. The number of carbonyl (C=O) groups is 1. The van der Waals surface area contributed by atoms with Crippen molar-refractivity contribution in [3.05, 3.63) is 65.5 Å². The maximum absolute atomic E-state index is 13.3. The van der Waals surface area contributed by atoms with Crippen molar-refractivity contribution >= 4 is 21.6 Å². The van der Waals surface area contributed by atoms with Gasteiger partial charge in [0.25, 0.3) is 0 Å². The molecule has 0 aromatic heterocycles. The Labute approximate surface area is 175 Å². The monoisotopic (exact) mass is 433 g/mol. The van der Waals surface area contributed by atoms with Crippen molar-refractivity contribution in [3.63, 3.8) is 0 Å². The summed E-state index contributed by atoms with van der Waals surface area (Å²) in [6.45, 7) is 3.17. The highest BCUT2D eigenvalue weighted by Gasteiger charge is 2.26.